The molecule has 0 radical (unpaired) electrons. The van der Waals surface area contributed by atoms with Crippen LogP contribution in [-0.4, -0.2) is 6.61 Å². The van der Waals surface area contributed by atoms with Crippen molar-refractivity contribution in [2.75, 3.05) is 6.61 Å². The number of ether oxygens (including phenoxy) is 1. The number of hydrogen-bond acceptors (Lipinski definition) is 3. The van der Waals surface area contributed by atoms with Crippen LogP contribution in [0.25, 0.3) is 5.57 Å². The van der Waals surface area contributed by atoms with Gasteiger partial charge < -0.3 is 4.74 Å². The highest BCUT2D eigenvalue weighted by Crippen LogP contribution is 2.31. The van der Waals surface area contributed by atoms with Gasteiger partial charge in [0.25, 0.3) is 0 Å². The molecule has 3 nitrogen and oxygen atoms in total. The Bertz CT molecular complexity index is 912. The second-order valence-electron chi connectivity index (χ2n) is 7.07. The number of rotatable bonds is 10. The molecule has 0 amide bonds. The molecule has 1 unspecified atom stereocenters. The lowest BCUT2D eigenvalue weighted by atomic mass is 9.92. The maximum Gasteiger partial charge on any atom is 0.130 e. The Hall–Kier alpha value is -3.30. The predicted octanol–water partition coefficient (Wildman–Crippen LogP) is 6.63. The summed E-state index contributed by atoms with van der Waals surface area (Å²) < 4.78 is 5.99. The van der Waals surface area contributed by atoms with Gasteiger partial charge in [0, 0.05) is 5.57 Å². The van der Waals surface area contributed by atoms with Crippen molar-refractivity contribution < 1.29 is 4.74 Å². The zero-order valence-electron chi connectivity index (χ0n) is 17.3. The smallest absolute Gasteiger partial charge is 0.130 e. The van der Waals surface area contributed by atoms with Gasteiger partial charge in [0.15, 0.2) is 0 Å². The molecule has 0 saturated heterocycles. The van der Waals surface area contributed by atoms with Crippen molar-refractivity contribution in [3.63, 3.8) is 0 Å². The van der Waals surface area contributed by atoms with Crippen LogP contribution in [0, 0.1) is 28.6 Å². The quantitative estimate of drug-likeness (QED) is 0.262. The standard InChI is InChI=1S/C26H28N2O/c1-4-6-10-21(5-2)19-29-20(3)25(18-28)26(23-11-8-7-9-12-23)24-15-13-22(17-27)14-16-24/h7-9,11-16,21H,3-6,10,19H2,1-2H3/b26-25-. The van der Waals surface area contributed by atoms with E-state index in [1.165, 1.54) is 6.42 Å². The van der Waals surface area contributed by atoms with Gasteiger partial charge in [-0.15, -0.1) is 0 Å². The van der Waals surface area contributed by atoms with Crippen LogP contribution in [0.5, 0.6) is 0 Å². The van der Waals surface area contributed by atoms with E-state index in [4.69, 9.17) is 10.00 Å². The number of allylic oxidation sites excluding steroid dienone is 1. The molecule has 0 aliphatic carbocycles. The third-order valence-corrected chi connectivity index (χ3v) is 5.04. The molecule has 0 saturated carbocycles. The lowest BCUT2D eigenvalue weighted by Crippen LogP contribution is -2.10. The SMILES string of the molecule is C=C(OCC(CC)CCCC)/C(C#N)=C(/c1ccccc1)c1ccc(C#N)cc1. The summed E-state index contributed by atoms with van der Waals surface area (Å²) in [5, 5.41) is 19.0. The number of hydrogen-bond donors (Lipinski definition) is 0. The fourth-order valence-electron chi connectivity index (χ4n) is 3.22. The van der Waals surface area contributed by atoms with E-state index in [2.05, 4.69) is 32.6 Å². The van der Waals surface area contributed by atoms with E-state index in [-0.39, 0.29) is 0 Å². The summed E-state index contributed by atoms with van der Waals surface area (Å²) in [6.45, 7) is 8.98. The zero-order valence-corrected chi connectivity index (χ0v) is 17.3. The van der Waals surface area contributed by atoms with Crippen molar-refractivity contribution >= 4 is 5.57 Å². The lowest BCUT2D eigenvalue weighted by Gasteiger charge is -2.18. The maximum absolute atomic E-state index is 9.95. The van der Waals surface area contributed by atoms with Gasteiger partial charge in [-0.1, -0.05) is 82.2 Å². The van der Waals surface area contributed by atoms with Crippen LogP contribution in [0.1, 0.15) is 56.2 Å². The fourth-order valence-corrected chi connectivity index (χ4v) is 3.22. The lowest BCUT2D eigenvalue weighted by molar-refractivity contribution is 0.164. The van der Waals surface area contributed by atoms with E-state index in [0.29, 0.717) is 29.4 Å². The normalized spacial score (nSPS) is 12.3. The van der Waals surface area contributed by atoms with Crippen molar-refractivity contribution in [1.82, 2.24) is 0 Å². The van der Waals surface area contributed by atoms with Crippen molar-refractivity contribution in [1.29, 1.82) is 10.5 Å². The van der Waals surface area contributed by atoms with E-state index < -0.39 is 0 Å². The Morgan fingerprint density at radius 3 is 2.21 bits per heavy atom. The highest BCUT2D eigenvalue weighted by molar-refractivity contribution is 5.86. The average Bonchev–Trinajstić information content (AvgIpc) is 2.78. The average molecular weight is 385 g/mol. The van der Waals surface area contributed by atoms with Gasteiger partial charge in [-0.05, 0) is 35.6 Å². The molecule has 2 aromatic carbocycles. The summed E-state index contributed by atoms with van der Waals surface area (Å²) in [4.78, 5) is 0. The van der Waals surface area contributed by atoms with Crippen LogP contribution in [0.4, 0.5) is 0 Å². The molecule has 0 fully saturated rings. The topological polar surface area (TPSA) is 56.8 Å². The van der Waals surface area contributed by atoms with Crippen LogP contribution < -0.4 is 0 Å². The van der Waals surface area contributed by atoms with Crippen molar-refractivity contribution in [3.8, 4) is 12.1 Å². The summed E-state index contributed by atoms with van der Waals surface area (Å²) >= 11 is 0. The van der Waals surface area contributed by atoms with Gasteiger partial charge in [-0.25, -0.2) is 0 Å². The van der Waals surface area contributed by atoms with Crippen molar-refractivity contribution in [2.45, 2.75) is 39.5 Å². The number of nitrogens with zero attached hydrogens (tertiary/aromatic N) is 2. The van der Waals surface area contributed by atoms with Crippen LogP contribution in [0.15, 0.2) is 72.5 Å². The van der Waals surface area contributed by atoms with Crippen LogP contribution in [-0.2, 0) is 4.74 Å². The molecule has 0 heterocycles. The Labute approximate surface area is 174 Å². The van der Waals surface area contributed by atoms with Gasteiger partial charge in [-0.2, -0.15) is 10.5 Å². The summed E-state index contributed by atoms with van der Waals surface area (Å²) in [7, 11) is 0. The summed E-state index contributed by atoms with van der Waals surface area (Å²) in [6.07, 6.45) is 4.50. The van der Waals surface area contributed by atoms with Gasteiger partial charge in [0.2, 0.25) is 0 Å². The van der Waals surface area contributed by atoms with Gasteiger partial charge in [-0.3, -0.25) is 0 Å². The Morgan fingerprint density at radius 2 is 1.66 bits per heavy atom. The molecule has 148 valence electrons. The maximum atomic E-state index is 9.95. The molecule has 0 bridgehead atoms. The minimum absolute atomic E-state index is 0.394. The molecule has 29 heavy (non-hydrogen) atoms. The van der Waals surface area contributed by atoms with E-state index >= 15 is 0 Å². The van der Waals surface area contributed by atoms with Crippen LogP contribution in [0.3, 0.4) is 0 Å². The third kappa shape index (κ3) is 6.09. The van der Waals surface area contributed by atoms with Gasteiger partial charge in [0.1, 0.15) is 17.4 Å². The minimum atomic E-state index is 0.394. The minimum Gasteiger partial charge on any atom is -0.493 e. The van der Waals surface area contributed by atoms with E-state index in [1.54, 1.807) is 12.1 Å². The van der Waals surface area contributed by atoms with Crippen LogP contribution >= 0.6 is 0 Å². The van der Waals surface area contributed by atoms with Crippen molar-refractivity contribution in [3.05, 3.63) is 89.2 Å². The van der Waals surface area contributed by atoms with E-state index in [9.17, 15) is 5.26 Å². The largest absolute Gasteiger partial charge is 0.493 e. The Balaban J connectivity index is 2.40. The summed E-state index contributed by atoms with van der Waals surface area (Å²) in [5.41, 5.74) is 3.54. The third-order valence-electron chi connectivity index (χ3n) is 5.04. The van der Waals surface area contributed by atoms with E-state index in [0.717, 1.165) is 36.0 Å². The number of nitriles is 2. The first-order valence-corrected chi connectivity index (χ1v) is 10.2. The molecule has 2 rings (SSSR count). The molecule has 2 aromatic rings. The Morgan fingerprint density at radius 1 is 1.00 bits per heavy atom. The monoisotopic (exact) mass is 384 g/mol. The predicted molar refractivity (Wildman–Crippen MR) is 118 cm³/mol. The molecule has 0 aliphatic heterocycles. The van der Waals surface area contributed by atoms with Gasteiger partial charge in [0.05, 0.1) is 18.2 Å². The molecule has 0 aromatic heterocycles. The molecular formula is C26H28N2O. The first-order valence-electron chi connectivity index (χ1n) is 10.2. The summed E-state index contributed by atoms with van der Waals surface area (Å²) in [5.74, 6) is 0.854. The van der Waals surface area contributed by atoms with Crippen molar-refractivity contribution in [2.24, 2.45) is 5.92 Å². The molecule has 3 heteroatoms. The molecule has 1 atom stereocenters. The molecule has 0 N–H and O–H groups in total. The second-order valence-corrected chi connectivity index (χ2v) is 7.07. The molecule has 0 spiro atoms. The van der Waals surface area contributed by atoms with Gasteiger partial charge >= 0.3 is 0 Å². The highest BCUT2D eigenvalue weighted by Gasteiger charge is 2.17. The van der Waals surface area contributed by atoms with Crippen LogP contribution in [0.2, 0.25) is 0 Å². The molecular weight excluding hydrogens is 356 g/mol. The fraction of sp³-hybridized carbons (Fsp3) is 0.308. The first kappa shape index (κ1) is 22.0. The molecule has 0 aliphatic rings. The number of unbranched alkanes of at least 4 members (excludes halogenated alkanes) is 1. The second kappa shape index (κ2) is 11.5. The first-order chi connectivity index (χ1) is 14.1. The zero-order chi connectivity index (χ0) is 21.1. The van der Waals surface area contributed by atoms with E-state index in [1.807, 2.05) is 42.5 Å². The summed E-state index contributed by atoms with van der Waals surface area (Å²) in [6, 6.07) is 21.4. The highest BCUT2D eigenvalue weighted by atomic mass is 16.5. The number of benzene rings is 2. The Kier molecular flexibility index (Phi) is 8.74.